The monoisotopic (exact) mass is 409 g/mol. The molecular formula is C17H23N5O3S2. The Hall–Kier alpha value is -1.91. The fourth-order valence-electron chi connectivity index (χ4n) is 3.26. The quantitative estimate of drug-likeness (QED) is 0.708. The predicted octanol–water partition coefficient (Wildman–Crippen LogP) is 2.20. The highest BCUT2D eigenvalue weighted by atomic mass is 32.2. The van der Waals surface area contributed by atoms with Gasteiger partial charge in [0.25, 0.3) is 0 Å². The lowest BCUT2D eigenvalue weighted by Gasteiger charge is -2.34. The molecule has 8 nitrogen and oxygen atoms in total. The summed E-state index contributed by atoms with van der Waals surface area (Å²) in [6.07, 6.45) is 2.42. The third-order valence-corrected chi connectivity index (χ3v) is 7.07. The first-order chi connectivity index (χ1) is 12.8. The number of nitrogens with one attached hydrogen (secondary N) is 2. The van der Waals surface area contributed by atoms with Gasteiger partial charge in [-0.05, 0) is 42.5 Å². The maximum Gasteiger partial charge on any atom is 0.243 e. The summed E-state index contributed by atoms with van der Waals surface area (Å²) in [6, 6.07) is 6.30. The van der Waals surface area contributed by atoms with Gasteiger partial charge in [-0.25, -0.2) is 13.4 Å². The summed E-state index contributed by atoms with van der Waals surface area (Å²) in [5, 5.41) is 9.70. The number of hydrogen-bond acceptors (Lipinski definition) is 6. The molecule has 0 unspecified atom stereocenters. The zero-order valence-corrected chi connectivity index (χ0v) is 16.9. The molecule has 1 amide bonds. The lowest BCUT2D eigenvalue weighted by Crippen LogP contribution is -2.42. The van der Waals surface area contributed by atoms with Crippen LogP contribution in [-0.4, -0.2) is 52.7 Å². The number of amides is 1. The number of aromatic nitrogens is 3. The van der Waals surface area contributed by atoms with E-state index in [-0.39, 0.29) is 16.6 Å². The highest BCUT2D eigenvalue weighted by molar-refractivity contribution is 7.99. The summed E-state index contributed by atoms with van der Waals surface area (Å²) >= 11 is 1.24. The number of aromatic amines is 1. The van der Waals surface area contributed by atoms with E-state index in [1.807, 2.05) is 0 Å². The summed E-state index contributed by atoms with van der Waals surface area (Å²) < 4.78 is 27.3. The second-order valence-corrected chi connectivity index (χ2v) is 9.82. The maximum absolute atomic E-state index is 12.9. The number of hydrogen-bond donors (Lipinski definition) is 2. The normalized spacial score (nSPS) is 21.1. The molecule has 0 bridgehead atoms. The molecule has 0 spiro atoms. The molecule has 146 valence electrons. The lowest BCUT2D eigenvalue weighted by atomic mass is 9.94. The number of sulfonamides is 1. The van der Waals surface area contributed by atoms with E-state index in [0.717, 1.165) is 6.42 Å². The largest absolute Gasteiger partial charge is 0.325 e. The standard InChI is InChI=1S/C17H23N5O3S2/c1-12-7-13(2)9-22(8-12)27(24,25)15-5-3-14(4-6-15)20-16(23)10-26-17-18-11-19-21-17/h3-6,11-13H,7-10H2,1-2H3,(H,20,23)(H,18,19,21)/t12-,13-/m0/s1. The highest BCUT2D eigenvalue weighted by Gasteiger charge is 2.31. The number of carbonyl (C=O) groups is 1. The molecule has 2 heterocycles. The van der Waals surface area contributed by atoms with Crippen LogP contribution in [0.3, 0.4) is 0 Å². The average molecular weight is 410 g/mol. The van der Waals surface area contributed by atoms with Crippen LogP contribution in [0, 0.1) is 11.8 Å². The van der Waals surface area contributed by atoms with Crippen molar-refractivity contribution in [1.29, 1.82) is 0 Å². The average Bonchev–Trinajstić information content (AvgIpc) is 3.13. The van der Waals surface area contributed by atoms with Gasteiger partial charge >= 0.3 is 0 Å². The number of H-pyrrole nitrogens is 1. The summed E-state index contributed by atoms with van der Waals surface area (Å²) in [5.74, 6) is 0.678. The first kappa shape index (κ1) is 19.8. The molecule has 1 fully saturated rings. The Labute approximate surface area is 163 Å². The zero-order chi connectivity index (χ0) is 19.4. The van der Waals surface area contributed by atoms with Gasteiger partial charge in [0.1, 0.15) is 6.33 Å². The molecule has 27 heavy (non-hydrogen) atoms. The summed E-state index contributed by atoms with van der Waals surface area (Å²) in [5.41, 5.74) is 0.553. The topological polar surface area (TPSA) is 108 Å². The van der Waals surface area contributed by atoms with Crippen molar-refractivity contribution in [1.82, 2.24) is 19.5 Å². The van der Waals surface area contributed by atoms with Crippen molar-refractivity contribution in [3.8, 4) is 0 Å². The van der Waals surface area contributed by atoms with Crippen molar-refractivity contribution in [2.24, 2.45) is 11.8 Å². The van der Waals surface area contributed by atoms with Crippen LogP contribution in [0.5, 0.6) is 0 Å². The van der Waals surface area contributed by atoms with Crippen molar-refractivity contribution in [2.75, 3.05) is 24.2 Å². The van der Waals surface area contributed by atoms with Crippen molar-refractivity contribution >= 4 is 33.4 Å². The number of thioether (sulfide) groups is 1. The number of anilines is 1. The van der Waals surface area contributed by atoms with Crippen LogP contribution in [0.25, 0.3) is 0 Å². The van der Waals surface area contributed by atoms with E-state index in [4.69, 9.17) is 0 Å². The molecular weight excluding hydrogens is 386 g/mol. The van der Waals surface area contributed by atoms with Gasteiger partial charge in [0.2, 0.25) is 15.9 Å². The minimum Gasteiger partial charge on any atom is -0.325 e. The van der Waals surface area contributed by atoms with Crippen molar-refractivity contribution in [3.63, 3.8) is 0 Å². The Morgan fingerprint density at radius 3 is 2.52 bits per heavy atom. The summed E-state index contributed by atoms with van der Waals surface area (Å²) in [6.45, 7) is 5.25. The first-order valence-corrected chi connectivity index (χ1v) is 11.2. The van der Waals surface area contributed by atoms with Gasteiger partial charge in [-0.2, -0.15) is 9.40 Å². The SMILES string of the molecule is C[C@H]1C[C@H](C)CN(S(=O)(=O)c2ccc(NC(=O)CSc3ncn[nH]3)cc2)C1. The van der Waals surface area contributed by atoms with E-state index in [0.29, 0.717) is 35.8 Å². The molecule has 2 N–H and O–H groups in total. The second-order valence-electron chi connectivity index (χ2n) is 6.92. The minimum atomic E-state index is -3.52. The molecule has 10 heteroatoms. The molecule has 2 aromatic rings. The van der Waals surface area contributed by atoms with Crippen LogP contribution in [0.2, 0.25) is 0 Å². The van der Waals surface area contributed by atoms with Crippen LogP contribution in [0.4, 0.5) is 5.69 Å². The molecule has 1 aliphatic heterocycles. The molecule has 1 saturated heterocycles. The van der Waals surface area contributed by atoms with Gasteiger partial charge in [-0.1, -0.05) is 25.6 Å². The van der Waals surface area contributed by atoms with Gasteiger partial charge in [0.15, 0.2) is 5.16 Å². The smallest absolute Gasteiger partial charge is 0.243 e. The third kappa shape index (κ3) is 5.08. The van der Waals surface area contributed by atoms with E-state index in [1.165, 1.54) is 18.1 Å². The molecule has 0 saturated carbocycles. The first-order valence-electron chi connectivity index (χ1n) is 8.73. The lowest BCUT2D eigenvalue weighted by molar-refractivity contribution is -0.113. The van der Waals surface area contributed by atoms with Gasteiger partial charge in [0, 0.05) is 18.8 Å². The Balaban J connectivity index is 1.61. The van der Waals surface area contributed by atoms with Crippen LogP contribution in [-0.2, 0) is 14.8 Å². The molecule has 3 rings (SSSR count). The molecule has 1 aliphatic rings. The van der Waals surface area contributed by atoms with Gasteiger partial charge in [-0.15, -0.1) is 0 Å². The molecule has 1 aromatic heterocycles. The number of nitrogens with zero attached hydrogens (tertiary/aromatic N) is 3. The van der Waals surface area contributed by atoms with Crippen LogP contribution < -0.4 is 5.32 Å². The van der Waals surface area contributed by atoms with Crippen molar-refractivity contribution in [2.45, 2.75) is 30.3 Å². The number of carbonyl (C=O) groups excluding carboxylic acids is 1. The maximum atomic E-state index is 12.9. The summed E-state index contributed by atoms with van der Waals surface area (Å²) in [4.78, 5) is 16.2. The molecule has 2 atom stereocenters. The zero-order valence-electron chi connectivity index (χ0n) is 15.3. The molecule has 0 radical (unpaired) electrons. The van der Waals surface area contributed by atoms with Crippen LogP contribution in [0.15, 0.2) is 40.6 Å². The van der Waals surface area contributed by atoms with E-state index >= 15 is 0 Å². The van der Waals surface area contributed by atoms with Gasteiger partial charge < -0.3 is 5.32 Å². The Kier molecular flexibility index (Phi) is 6.18. The van der Waals surface area contributed by atoms with Crippen LogP contribution >= 0.6 is 11.8 Å². The number of rotatable bonds is 6. The number of benzene rings is 1. The van der Waals surface area contributed by atoms with Gasteiger partial charge in [-0.3, -0.25) is 9.89 Å². The molecule has 0 aliphatic carbocycles. The van der Waals surface area contributed by atoms with Crippen LogP contribution in [0.1, 0.15) is 20.3 Å². The van der Waals surface area contributed by atoms with E-state index in [2.05, 4.69) is 34.3 Å². The van der Waals surface area contributed by atoms with E-state index < -0.39 is 10.0 Å². The van der Waals surface area contributed by atoms with Crippen molar-refractivity contribution < 1.29 is 13.2 Å². The number of piperidine rings is 1. The fraction of sp³-hybridized carbons (Fsp3) is 0.471. The Morgan fingerprint density at radius 1 is 1.26 bits per heavy atom. The third-order valence-electron chi connectivity index (χ3n) is 4.34. The fourth-order valence-corrected chi connectivity index (χ4v) is 5.51. The Morgan fingerprint density at radius 2 is 1.93 bits per heavy atom. The second kappa shape index (κ2) is 8.41. The highest BCUT2D eigenvalue weighted by Crippen LogP contribution is 2.27. The Bertz CT molecular complexity index is 858. The summed E-state index contributed by atoms with van der Waals surface area (Å²) in [7, 11) is -3.52. The minimum absolute atomic E-state index is 0.179. The predicted molar refractivity (Wildman–Crippen MR) is 104 cm³/mol. The van der Waals surface area contributed by atoms with E-state index in [1.54, 1.807) is 28.6 Å². The van der Waals surface area contributed by atoms with E-state index in [9.17, 15) is 13.2 Å². The van der Waals surface area contributed by atoms with Crippen molar-refractivity contribution in [3.05, 3.63) is 30.6 Å². The molecule has 1 aromatic carbocycles. The van der Waals surface area contributed by atoms with Gasteiger partial charge in [0.05, 0.1) is 10.6 Å².